The lowest BCUT2D eigenvalue weighted by molar-refractivity contribution is -0.117. The molecule has 0 saturated carbocycles. The summed E-state index contributed by atoms with van der Waals surface area (Å²) in [4.78, 5) is 17.1. The number of nitriles is 1. The van der Waals surface area contributed by atoms with Crippen LogP contribution in [-0.4, -0.2) is 20.2 Å². The highest BCUT2D eigenvalue weighted by Gasteiger charge is 2.24. The molecule has 1 N–H and O–H groups in total. The van der Waals surface area contributed by atoms with Gasteiger partial charge in [0.25, 0.3) is 5.91 Å². The van der Waals surface area contributed by atoms with Gasteiger partial charge in [0.2, 0.25) is 0 Å². The van der Waals surface area contributed by atoms with Gasteiger partial charge in [-0.05, 0) is 48.4 Å². The molecule has 1 atom stereocenters. The number of carbonyl (C=O) groups is 1. The summed E-state index contributed by atoms with van der Waals surface area (Å²) in [5, 5.41) is 19.3. The summed E-state index contributed by atoms with van der Waals surface area (Å²) in [6.45, 7) is 10.6. The molecule has 162 valence electrons. The van der Waals surface area contributed by atoms with Crippen LogP contribution in [0, 0.1) is 17.1 Å². The fraction of sp³-hybridized carbons (Fsp3) is 0.476. The van der Waals surface area contributed by atoms with E-state index in [4.69, 9.17) is 0 Å². The molecule has 1 aromatic heterocycles. The third-order valence-corrected chi connectivity index (χ3v) is 7.26. The summed E-state index contributed by atoms with van der Waals surface area (Å²) >= 11 is 1.03. The Labute approximate surface area is 182 Å². The normalized spacial score (nSPS) is 13.1. The number of halogens is 1. The van der Waals surface area contributed by atoms with Crippen LogP contribution in [0.4, 0.5) is 4.39 Å². The minimum absolute atomic E-state index is 0.0416. The molecule has 1 unspecified atom stereocenters. The molecule has 30 heavy (non-hydrogen) atoms. The highest BCUT2D eigenvalue weighted by molar-refractivity contribution is 7.77. The zero-order valence-corrected chi connectivity index (χ0v) is 19.6. The maximum absolute atomic E-state index is 14.9. The smallest absolute Gasteiger partial charge is 0.258 e. The average Bonchev–Trinajstić information content (AvgIpc) is 3.11. The summed E-state index contributed by atoms with van der Waals surface area (Å²) in [5.41, 5.74) is 0.326. The SMILES string of the molecule is CC(C)c1cc(C#N)c(F)c(C(C)C)c1CC(=O)/N=[SH](=O)/c1ncc(C(C)(C)O)s1. The molecular formula is C21H26FN3O3S2. The molecule has 0 spiro atoms. The number of thiazole rings is 1. The number of nitrogens with zero attached hydrogens (tertiary/aromatic N) is 3. The molecule has 0 saturated heterocycles. The van der Waals surface area contributed by atoms with Gasteiger partial charge in [0, 0.05) is 6.20 Å². The molecule has 0 bridgehead atoms. The van der Waals surface area contributed by atoms with Crippen molar-refractivity contribution in [1.82, 2.24) is 4.98 Å². The van der Waals surface area contributed by atoms with Crippen LogP contribution >= 0.6 is 11.3 Å². The van der Waals surface area contributed by atoms with Gasteiger partial charge < -0.3 is 5.11 Å². The van der Waals surface area contributed by atoms with Crippen molar-refractivity contribution < 1.29 is 18.5 Å². The highest BCUT2D eigenvalue weighted by atomic mass is 32.2. The summed E-state index contributed by atoms with van der Waals surface area (Å²) in [6, 6.07) is 3.35. The number of amides is 1. The number of thiol groups is 1. The van der Waals surface area contributed by atoms with E-state index in [1.807, 2.05) is 19.9 Å². The third-order valence-electron chi connectivity index (χ3n) is 4.56. The van der Waals surface area contributed by atoms with Crippen molar-refractivity contribution in [2.24, 2.45) is 4.36 Å². The number of hydrogen-bond donors (Lipinski definition) is 2. The molecule has 1 aromatic carbocycles. The van der Waals surface area contributed by atoms with Crippen LogP contribution in [0.3, 0.4) is 0 Å². The first-order valence-corrected chi connectivity index (χ1v) is 11.5. The van der Waals surface area contributed by atoms with Gasteiger partial charge >= 0.3 is 0 Å². The first-order valence-electron chi connectivity index (χ1n) is 9.52. The Kier molecular flexibility index (Phi) is 7.50. The van der Waals surface area contributed by atoms with Crippen LogP contribution in [0.15, 0.2) is 21.0 Å². The van der Waals surface area contributed by atoms with Gasteiger partial charge in [-0.1, -0.05) is 27.7 Å². The fourth-order valence-corrected chi connectivity index (χ4v) is 5.00. The molecule has 0 aliphatic carbocycles. The van der Waals surface area contributed by atoms with Crippen LogP contribution < -0.4 is 0 Å². The molecular weight excluding hydrogens is 425 g/mol. The van der Waals surface area contributed by atoms with E-state index in [1.54, 1.807) is 27.7 Å². The monoisotopic (exact) mass is 451 g/mol. The fourth-order valence-electron chi connectivity index (χ4n) is 3.10. The second-order valence-corrected chi connectivity index (χ2v) is 10.7. The number of aliphatic hydroxyl groups is 1. The van der Waals surface area contributed by atoms with Crippen LogP contribution in [0.25, 0.3) is 0 Å². The van der Waals surface area contributed by atoms with Crippen molar-refractivity contribution in [2.45, 2.75) is 69.7 Å². The Morgan fingerprint density at radius 2 is 2.00 bits per heavy atom. The molecule has 6 nitrogen and oxygen atoms in total. The second kappa shape index (κ2) is 9.33. The summed E-state index contributed by atoms with van der Waals surface area (Å²) < 4.78 is 31.3. The molecule has 0 aliphatic heterocycles. The Hall–Kier alpha value is -2.15. The van der Waals surface area contributed by atoms with Crippen LogP contribution in [-0.2, 0) is 27.4 Å². The van der Waals surface area contributed by atoms with Gasteiger partial charge in [0.05, 0.1) is 33.1 Å². The van der Waals surface area contributed by atoms with Crippen LogP contribution in [0.5, 0.6) is 0 Å². The molecule has 2 aromatic rings. The van der Waals surface area contributed by atoms with E-state index in [9.17, 15) is 23.8 Å². The van der Waals surface area contributed by atoms with Crippen LogP contribution in [0.1, 0.15) is 80.5 Å². The Bertz CT molecular complexity index is 1090. The molecule has 0 radical (unpaired) electrons. The Morgan fingerprint density at radius 3 is 2.47 bits per heavy atom. The lowest BCUT2D eigenvalue weighted by Crippen LogP contribution is -2.12. The third kappa shape index (κ3) is 5.31. The summed E-state index contributed by atoms with van der Waals surface area (Å²) in [6.07, 6.45) is 1.20. The zero-order chi connectivity index (χ0) is 22.8. The van der Waals surface area contributed by atoms with Crippen molar-refractivity contribution in [2.75, 3.05) is 0 Å². The van der Waals surface area contributed by atoms with Crippen molar-refractivity contribution >= 4 is 27.8 Å². The number of benzene rings is 1. The van der Waals surface area contributed by atoms with E-state index >= 15 is 0 Å². The average molecular weight is 452 g/mol. The second-order valence-electron chi connectivity index (χ2n) is 8.15. The van der Waals surface area contributed by atoms with E-state index in [2.05, 4.69) is 9.35 Å². The van der Waals surface area contributed by atoms with Gasteiger partial charge in [-0.15, -0.1) is 11.3 Å². The van der Waals surface area contributed by atoms with E-state index in [-0.39, 0.29) is 28.2 Å². The number of rotatable bonds is 6. The first kappa shape index (κ1) is 24.1. The van der Waals surface area contributed by atoms with E-state index < -0.39 is 27.9 Å². The number of carbonyl (C=O) groups excluding carboxylic acids is 1. The minimum Gasteiger partial charge on any atom is -0.385 e. The van der Waals surface area contributed by atoms with Crippen molar-refractivity contribution in [1.29, 1.82) is 5.26 Å². The Balaban J connectivity index is 2.46. The molecule has 9 heteroatoms. The van der Waals surface area contributed by atoms with Crippen molar-refractivity contribution in [3.05, 3.63) is 45.2 Å². The zero-order valence-electron chi connectivity index (χ0n) is 17.9. The van der Waals surface area contributed by atoms with Gasteiger partial charge in [0.15, 0.2) is 4.34 Å². The molecule has 1 amide bonds. The van der Waals surface area contributed by atoms with E-state index in [1.165, 1.54) is 12.3 Å². The van der Waals surface area contributed by atoms with E-state index in [0.717, 1.165) is 11.3 Å². The van der Waals surface area contributed by atoms with E-state index in [0.29, 0.717) is 21.6 Å². The van der Waals surface area contributed by atoms with Gasteiger partial charge in [-0.25, -0.2) is 13.6 Å². The highest BCUT2D eigenvalue weighted by Crippen LogP contribution is 2.33. The molecule has 2 rings (SSSR count). The lowest BCUT2D eigenvalue weighted by Gasteiger charge is -2.20. The maximum Gasteiger partial charge on any atom is 0.258 e. The predicted octanol–water partition coefficient (Wildman–Crippen LogP) is 4.42. The Morgan fingerprint density at radius 1 is 1.37 bits per heavy atom. The lowest BCUT2D eigenvalue weighted by atomic mass is 9.85. The topological polar surface area (TPSA) is 103 Å². The van der Waals surface area contributed by atoms with Gasteiger partial charge in [-0.2, -0.15) is 9.62 Å². The largest absolute Gasteiger partial charge is 0.385 e. The minimum atomic E-state index is -2.43. The molecule has 0 aliphatic rings. The van der Waals surface area contributed by atoms with Gasteiger partial charge in [0.1, 0.15) is 11.9 Å². The standard InChI is InChI=1S/C21H26FN3O3S2/c1-11(2)14-7-13(9-23)19(22)18(12(3)4)15(14)8-17(26)25-30(28)20-24-10-16(29-20)21(5,6)27/h7,10-12,27,30H,8H2,1-6H3. The molecule has 0 fully saturated rings. The van der Waals surface area contributed by atoms with Crippen molar-refractivity contribution in [3.63, 3.8) is 0 Å². The molecule has 1 heterocycles. The maximum atomic E-state index is 14.9. The van der Waals surface area contributed by atoms with Crippen molar-refractivity contribution in [3.8, 4) is 6.07 Å². The number of hydrogen-bond acceptors (Lipinski definition) is 6. The summed E-state index contributed by atoms with van der Waals surface area (Å²) in [5.74, 6) is -1.57. The summed E-state index contributed by atoms with van der Waals surface area (Å²) in [7, 11) is -2.43. The van der Waals surface area contributed by atoms with Gasteiger partial charge in [-0.3, -0.25) is 4.79 Å². The predicted molar refractivity (Wildman–Crippen MR) is 116 cm³/mol. The number of aromatic nitrogens is 1. The first-order chi connectivity index (χ1) is 13.9. The quantitative estimate of drug-likeness (QED) is 0.633. The van der Waals surface area contributed by atoms with Crippen LogP contribution in [0.2, 0.25) is 0 Å².